The molecule has 1 unspecified atom stereocenters. The summed E-state index contributed by atoms with van der Waals surface area (Å²) >= 11 is 0. The Kier molecular flexibility index (Phi) is 3.30. The van der Waals surface area contributed by atoms with Crippen molar-refractivity contribution in [2.24, 2.45) is 5.73 Å². The summed E-state index contributed by atoms with van der Waals surface area (Å²) in [7, 11) is 1.34. The number of benzene rings is 1. The van der Waals surface area contributed by atoms with Crippen molar-refractivity contribution in [1.29, 1.82) is 0 Å². The van der Waals surface area contributed by atoms with Crippen LogP contribution in [-0.2, 0) is 9.53 Å². The van der Waals surface area contributed by atoms with Gasteiger partial charge in [0, 0.05) is 6.04 Å². The van der Waals surface area contributed by atoms with E-state index in [-0.39, 0.29) is 12.4 Å². The monoisotopic (exact) mass is 235 g/mol. The van der Waals surface area contributed by atoms with Gasteiger partial charge in [0.25, 0.3) is 0 Å². The first-order chi connectivity index (χ1) is 8.20. The van der Waals surface area contributed by atoms with E-state index >= 15 is 0 Å². The first-order valence-corrected chi connectivity index (χ1v) is 5.15. The molecule has 5 nitrogen and oxygen atoms in total. The number of carbonyl (C=O) groups excluding carboxylic acids is 1. The molecular weight excluding hydrogens is 222 g/mol. The lowest BCUT2D eigenvalue weighted by molar-refractivity contribution is -0.141. The highest BCUT2D eigenvalue weighted by Gasteiger charge is 2.15. The number of ether oxygens (including phenoxy) is 3. The number of rotatable bonds is 3. The molecule has 1 heterocycles. The van der Waals surface area contributed by atoms with Crippen LogP contribution >= 0.6 is 0 Å². The fourth-order valence-electron chi connectivity index (χ4n) is 1.53. The predicted octanol–water partition coefficient (Wildman–Crippen LogP) is 1.49. The van der Waals surface area contributed by atoms with Gasteiger partial charge in [-0.15, -0.1) is 0 Å². The Balaban J connectivity index is 2.14. The molecule has 2 rings (SSSR count). The summed E-state index contributed by atoms with van der Waals surface area (Å²) in [5, 5.41) is 0. The Morgan fingerprint density at radius 2 is 2.06 bits per heavy atom. The highest BCUT2D eigenvalue weighted by atomic mass is 16.5. The van der Waals surface area contributed by atoms with Crippen molar-refractivity contribution in [3.05, 3.63) is 36.3 Å². The summed E-state index contributed by atoms with van der Waals surface area (Å²) < 4.78 is 15.1. The van der Waals surface area contributed by atoms with Crippen LogP contribution in [0.2, 0.25) is 0 Å². The van der Waals surface area contributed by atoms with Crippen molar-refractivity contribution in [1.82, 2.24) is 0 Å². The average molecular weight is 235 g/mol. The summed E-state index contributed by atoms with van der Waals surface area (Å²) in [6, 6.07) is 4.90. The Morgan fingerprint density at radius 1 is 1.35 bits per heavy atom. The fourth-order valence-corrected chi connectivity index (χ4v) is 1.53. The summed E-state index contributed by atoms with van der Waals surface area (Å²) in [4.78, 5) is 11.1. The number of fused-ring (bicyclic) bond motifs is 1. The highest BCUT2D eigenvalue weighted by molar-refractivity contribution is 5.70. The molecule has 0 aliphatic carbocycles. The third kappa shape index (κ3) is 2.57. The van der Waals surface area contributed by atoms with E-state index in [2.05, 4.69) is 4.74 Å². The average Bonchev–Trinajstić information content (AvgIpc) is 2.38. The maximum absolute atomic E-state index is 11.1. The van der Waals surface area contributed by atoms with Crippen molar-refractivity contribution in [3.8, 4) is 11.5 Å². The normalized spacial score (nSPS) is 14.2. The van der Waals surface area contributed by atoms with Crippen molar-refractivity contribution < 1.29 is 19.0 Å². The number of nitrogens with two attached hydrogens (primary N) is 1. The minimum atomic E-state index is -0.415. The standard InChI is InChI=1S/C12H13NO4/c1-15-12(14)7-9(13)8-2-3-10-11(6-8)17-5-4-16-10/h2-6,9H,7,13H2,1H3. The van der Waals surface area contributed by atoms with Crippen molar-refractivity contribution in [2.75, 3.05) is 7.11 Å². The number of carbonyl (C=O) groups is 1. The van der Waals surface area contributed by atoms with Crippen LogP contribution in [0.25, 0.3) is 0 Å². The zero-order valence-electron chi connectivity index (χ0n) is 9.38. The molecule has 90 valence electrons. The van der Waals surface area contributed by atoms with Gasteiger partial charge in [-0.05, 0) is 17.7 Å². The number of esters is 1. The molecule has 1 aromatic carbocycles. The van der Waals surface area contributed by atoms with Crippen LogP contribution in [0.4, 0.5) is 0 Å². The van der Waals surface area contributed by atoms with Crippen LogP contribution < -0.4 is 15.2 Å². The van der Waals surface area contributed by atoms with E-state index in [1.54, 1.807) is 18.2 Å². The van der Waals surface area contributed by atoms with Crippen LogP contribution in [0, 0.1) is 0 Å². The summed E-state index contributed by atoms with van der Waals surface area (Å²) in [6.07, 6.45) is 3.03. The first kappa shape index (κ1) is 11.5. The Hall–Kier alpha value is -2.01. The molecule has 5 heteroatoms. The Morgan fingerprint density at radius 3 is 2.76 bits per heavy atom. The number of methoxy groups -OCH3 is 1. The molecule has 0 fully saturated rings. The molecule has 1 aliphatic heterocycles. The van der Waals surface area contributed by atoms with E-state index in [1.807, 2.05) is 0 Å². The lowest BCUT2D eigenvalue weighted by atomic mass is 10.0. The molecule has 1 aromatic rings. The lowest BCUT2D eigenvalue weighted by Crippen LogP contribution is -2.16. The molecular formula is C12H13NO4. The smallest absolute Gasteiger partial charge is 0.307 e. The largest absolute Gasteiger partial charge is 0.469 e. The van der Waals surface area contributed by atoms with Gasteiger partial charge in [-0.2, -0.15) is 0 Å². The maximum Gasteiger partial charge on any atom is 0.307 e. The van der Waals surface area contributed by atoms with E-state index in [1.165, 1.54) is 19.6 Å². The van der Waals surface area contributed by atoms with Crippen LogP contribution in [0.5, 0.6) is 11.5 Å². The molecule has 0 amide bonds. The third-order valence-electron chi connectivity index (χ3n) is 2.46. The predicted molar refractivity (Wildman–Crippen MR) is 60.4 cm³/mol. The van der Waals surface area contributed by atoms with Crippen molar-refractivity contribution in [3.63, 3.8) is 0 Å². The van der Waals surface area contributed by atoms with Crippen molar-refractivity contribution in [2.45, 2.75) is 12.5 Å². The minimum absolute atomic E-state index is 0.131. The van der Waals surface area contributed by atoms with Crippen LogP contribution in [-0.4, -0.2) is 13.1 Å². The van der Waals surface area contributed by atoms with Gasteiger partial charge in [-0.3, -0.25) is 4.79 Å². The zero-order valence-corrected chi connectivity index (χ0v) is 9.38. The van der Waals surface area contributed by atoms with Gasteiger partial charge in [-0.25, -0.2) is 0 Å². The van der Waals surface area contributed by atoms with Crippen LogP contribution in [0.1, 0.15) is 18.0 Å². The van der Waals surface area contributed by atoms with E-state index in [0.717, 1.165) is 5.56 Å². The van der Waals surface area contributed by atoms with Gasteiger partial charge in [-0.1, -0.05) is 6.07 Å². The Bertz CT molecular complexity index is 456. The second-order valence-electron chi connectivity index (χ2n) is 3.60. The van der Waals surface area contributed by atoms with Gasteiger partial charge in [0.05, 0.1) is 13.5 Å². The number of hydrogen-bond donors (Lipinski definition) is 1. The van der Waals surface area contributed by atoms with Crippen LogP contribution in [0.3, 0.4) is 0 Å². The van der Waals surface area contributed by atoms with E-state index in [9.17, 15) is 4.79 Å². The molecule has 0 saturated carbocycles. The summed E-state index contributed by atoms with van der Waals surface area (Å²) in [6.45, 7) is 0. The Labute approximate surface area is 98.8 Å². The quantitative estimate of drug-likeness (QED) is 0.804. The first-order valence-electron chi connectivity index (χ1n) is 5.15. The summed E-state index contributed by atoms with van der Waals surface area (Å²) in [5.74, 6) is 0.874. The minimum Gasteiger partial charge on any atom is -0.469 e. The van der Waals surface area contributed by atoms with Gasteiger partial charge >= 0.3 is 5.97 Å². The molecule has 0 aromatic heterocycles. The van der Waals surface area contributed by atoms with E-state index in [4.69, 9.17) is 15.2 Å². The zero-order chi connectivity index (χ0) is 12.3. The maximum atomic E-state index is 11.1. The summed E-state index contributed by atoms with van der Waals surface area (Å²) in [5.41, 5.74) is 6.69. The fraction of sp³-hybridized carbons (Fsp3) is 0.250. The second kappa shape index (κ2) is 4.88. The molecule has 1 aliphatic rings. The number of hydrogen-bond acceptors (Lipinski definition) is 5. The SMILES string of the molecule is COC(=O)CC(N)c1ccc2c(c1)OC=CO2. The van der Waals surface area contributed by atoms with E-state index < -0.39 is 6.04 Å². The molecule has 1 atom stereocenters. The van der Waals surface area contributed by atoms with E-state index in [0.29, 0.717) is 11.5 Å². The van der Waals surface area contributed by atoms with Gasteiger partial charge in [0.15, 0.2) is 11.5 Å². The third-order valence-corrected chi connectivity index (χ3v) is 2.46. The second-order valence-corrected chi connectivity index (χ2v) is 3.60. The molecule has 0 bridgehead atoms. The lowest BCUT2D eigenvalue weighted by Gasteiger charge is -2.16. The van der Waals surface area contributed by atoms with Crippen molar-refractivity contribution >= 4 is 5.97 Å². The van der Waals surface area contributed by atoms with Gasteiger partial charge in [0.2, 0.25) is 0 Å². The van der Waals surface area contributed by atoms with Crippen LogP contribution in [0.15, 0.2) is 30.7 Å². The molecule has 0 radical (unpaired) electrons. The molecule has 2 N–H and O–H groups in total. The molecule has 17 heavy (non-hydrogen) atoms. The highest BCUT2D eigenvalue weighted by Crippen LogP contribution is 2.33. The molecule has 0 spiro atoms. The molecule has 0 saturated heterocycles. The van der Waals surface area contributed by atoms with Gasteiger partial charge in [0.1, 0.15) is 12.5 Å². The topological polar surface area (TPSA) is 70.8 Å². The van der Waals surface area contributed by atoms with Gasteiger partial charge < -0.3 is 19.9 Å².